The molecule has 0 aliphatic heterocycles. The second-order valence-electron chi connectivity index (χ2n) is 7.89. The Balaban J connectivity index is 0.00000400. The fourth-order valence-corrected chi connectivity index (χ4v) is 4.90. The number of hydrogen-bond donors (Lipinski definition) is 2. The number of fused-ring (bicyclic) bond motifs is 1. The van der Waals surface area contributed by atoms with Crippen LogP contribution in [0.1, 0.15) is 15.9 Å². The van der Waals surface area contributed by atoms with Gasteiger partial charge in [-0.2, -0.15) is 13.5 Å². The molecule has 0 bridgehead atoms. The van der Waals surface area contributed by atoms with E-state index in [9.17, 15) is 22.9 Å². The maximum atomic E-state index is 13.4. The van der Waals surface area contributed by atoms with E-state index in [0.29, 0.717) is 22.1 Å². The predicted molar refractivity (Wildman–Crippen MR) is 140 cm³/mol. The molecule has 0 saturated carbocycles. The minimum Gasteiger partial charge on any atom is -0.870 e. The molecule has 0 aliphatic carbocycles. The van der Waals surface area contributed by atoms with Crippen molar-refractivity contribution in [3.8, 4) is 11.5 Å². The molecule has 0 unspecified atom stereocenters. The fraction of sp³-hybridized carbons (Fsp3) is 0.0800. The van der Waals surface area contributed by atoms with Gasteiger partial charge in [-0.15, -0.1) is 5.11 Å². The van der Waals surface area contributed by atoms with Gasteiger partial charge in [-0.3, -0.25) is 9.35 Å². The van der Waals surface area contributed by atoms with Gasteiger partial charge in [-0.1, -0.05) is 53.2 Å². The third-order valence-corrected chi connectivity index (χ3v) is 7.04. The average Bonchev–Trinajstić information content (AvgIpc) is 2.85. The number of amides is 1. The van der Waals surface area contributed by atoms with E-state index >= 15 is 0 Å². The number of halogens is 2. The van der Waals surface area contributed by atoms with Crippen LogP contribution in [0.15, 0.2) is 75.8 Å². The molecule has 1 amide bonds. The van der Waals surface area contributed by atoms with E-state index in [1.54, 1.807) is 37.3 Å². The molecule has 13 heteroatoms. The average molecular weight is 582 g/mol. The molecule has 4 rings (SSSR count). The molecule has 190 valence electrons. The van der Waals surface area contributed by atoms with Crippen molar-refractivity contribution in [1.82, 2.24) is 0 Å². The van der Waals surface area contributed by atoms with Gasteiger partial charge >= 0.3 is 29.6 Å². The zero-order valence-corrected chi connectivity index (χ0v) is 24.6. The summed E-state index contributed by atoms with van der Waals surface area (Å²) in [7, 11) is -3.15. The molecular formula is C25H18Cl2N3NaO6S. The first-order valence-electron chi connectivity index (χ1n) is 10.6. The van der Waals surface area contributed by atoms with Crippen LogP contribution in [0.3, 0.4) is 0 Å². The van der Waals surface area contributed by atoms with E-state index in [1.807, 2.05) is 0 Å². The van der Waals surface area contributed by atoms with Crippen LogP contribution in [0.25, 0.3) is 10.8 Å². The molecule has 38 heavy (non-hydrogen) atoms. The van der Waals surface area contributed by atoms with E-state index in [-0.39, 0.29) is 62.2 Å². The smallest absolute Gasteiger partial charge is 0.870 e. The second kappa shape index (κ2) is 12.0. The number of anilines is 1. The first-order valence-corrected chi connectivity index (χ1v) is 12.8. The Labute approximate surface area is 250 Å². The molecular weight excluding hydrogens is 564 g/mol. The van der Waals surface area contributed by atoms with Gasteiger partial charge < -0.3 is 15.2 Å². The molecule has 0 spiro atoms. The van der Waals surface area contributed by atoms with Crippen LogP contribution in [-0.4, -0.2) is 26.0 Å². The molecule has 0 aliphatic rings. The molecule has 4 aromatic carbocycles. The summed E-state index contributed by atoms with van der Waals surface area (Å²) in [5.74, 6) is -0.947. The Bertz CT molecular complexity index is 1700. The van der Waals surface area contributed by atoms with Crippen molar-refractivity contribution < 1.29 is 57.2 Å². The Morgan fingerprint density at radius 1 is 1.05 bits per heavy atom. The number of ether oxygens (including phenoxy) is 1. The van der Waals surface area contributed by atoms with Gasteiger partial charge in [-0.25, -0.2) is 0 Å². The largest absolute Gasteiger partial charge is 1.00 e. The molecule has 4 aromatic rings. The number of benzene rings is 4. The number of aryl methyl sites for hydroxylation is 1. The molecule has 0 fully saturated rings. The molecule has 9 nitrogen and oxygen atoms in total. The predicted octanol–water partition coefficient (Wildman–Crippen LogP) is 3.46. The Kier molecular flexibility index (Phi) is 9.43. The summed E-state index contributed by atoms with van der Waals surface area (Å²) in [5, 5.41) is 24.8. The minimum atomic E-state index is -4.63. The fourth-order valence-electron chi connectivity index (χ4n) is 3.57. The molecule has 0 atom stereocenters. The van der Waals surface area contributed by atoms with Crippen LogP contribution >= 0.6 is 23.2 Å². The van der Waals surface area contributed by atoms with Gasteiger partial charge in [0.25, 0.3) is 16.0 Å². The first kappa shape index (κ1) is 29.9. The maximum Gasteiger partial charge on any atom is 1.00 e. The van der Waals surface area contributed by atoms with Gasteiger partial charge in [0.2, 0.25) is 0 Å². The summed E-state index contributed by atoms with van der Waals surface area (Å²) < 4.78 is 37.9. The quantitative estimate of drug-likeness (QED) is 0.203. The normalized spacial score (nSPS) is 11.4. The summed E-state index contributed by atoms with van der Waals surface area (Å²) in [5.41, 5.74) is 0.247. The topological polar surface area (TPSA) is 140 Å². The van der Waals surface area contributed by atoms with E-state index < -0.39 is 26.7 Å². The van der Waals surface area contributed by atoms with Crippen molar-refractivity contribution in [2.75, 3.05) is 12.4 Å². The number of rotatable bonds is 6. The summed E-state index contributed by atoms with van der Waals surface area (Å²) in [6.45, 7) is 1.58. The number of azo groups is 1. The maximum absolute atomic E-state index is 13.4. The van der Waals surface area contributed by atoms with Crippen molar-refractivity contribution >= 4 is 67.1 Å². The second-order valence-corrected chi connectivity index (χ2v) is 10.1. The summed E-state index contributed by atoms with van der Waals surface area (Å²) >= 11 is 12.4. The van der Waals surface area contributed by atoms with Gasteiger partial charge in [0.05, 0.1) is 28.5 Å². The van der Waals surface area contributed by atoms with Crippen molar-refractivity contribution in [2.24, 2.45) is 10.2 Å². The zero-order chi connectivity index (χ0) is 26.9. The molecule has 0 aromatic heterocycles. The number of carbonyl (C=O) groups excluding carboxylic acids is 1. The van der Waals surface area contributed by atoms with Crippen molar-refractivity contribution in [1.29, 1.82) is 0 Å². The van der Waals surface area contributed by atoms with E-state index in [2.05, 4.69) is 15.5 Å². The van der Waals surface area contributed by atoms with E-state index in [4.69, 9.17) is 27.9 Å². The summed E-state index contributed by atoms with van der Waals surface area (Å²) in [6, 6.07) is 15.5. The van der Waals surface area contributed by atoms with Crippen LogP contribution in [-0.2, 0) is 10.1 Å². The zero-order valence-electron chi connectivity index (χ0n) is 20.3. The SMILES string of the molecule is COc1ccc(NC(=O)c2cc3ccccc3c(N=Nc3cc(C)cc(S(=O)(=O)O)c3Cl)c2[O-])c(Cl)c1.[Na+]. The molecule has 0 radical (unpaired) electrons. The van der Waals surface area contributed by atoms with Gasteiger partial charge in [0.1, 0.15) is 16.3 Å². The van der Waals surface area contributed by atoms with Gasteiger partial charge in [-0.05, 0) is 48.2 Å². The van der Waals surface area contributed by atoms with Gasteiger partial charge in [0, 0.05) is 17.0 Å². The summed E-state index contributed by atoms with van der Waals surface area (Å²) in [6.07, 6.45) is 0. The van der Waals surface area contributed by atoms with Crippen LogP contribution in [0.4, 0.5) is 17.1 Å². The standard InChI is InChI=1S/C25H19Cl2N3O6S.Na/c1-13-9-20(22(27)21(10-13)37(33,34)35)29-30-23-16-6-4-3-5-14(16)11-17(24(23)31)25(32)28-19-8-7-15(36-2)12-18(19)26;/h3-12,31H,1-2H3,(H,28,32)(H,33,34,35);/q;+1/p-1. The molecule has 0 saturated heterocycles. The minimum absolute atomic E-state index is 0. The third-order valence-electron chi connectivity index (χ3n) is 5.34. The van der Waals surface area contributed by atoms with Crippen molar-refractivity contribution in [3.63, 3.8) is 0 Å². The Morgan fingerprint density at radius 3 is 2.42 bits per heavy atom. The first-order chi connectivity index (χ1) is 17.5. The number of nitrogens with one attached hydrogen (secondary N) is 1. The number of nitrogens with zero attached hydrogens (tertiary/aromatic N) is 2. The third kappa shape index (κ3) is 6.29. The summed E-state index contributed by atoms with van der Waals surface area (Å²) in [4.78, 5) is 12.5. The van der Waals surface area contributed by atoms with Crippen LogP contribution < -0.4 is 44.7 Å². The number of methoxy groups -OCH3 is 1. The number of carbonyl (C=O) groups is 1. The van der Waals surface area contributed by atoms with E-state index in [1.165, 1.54) is 37.4 Å². The van der Waals surface area contributed by atoms with Crippen molar-refractivity contribution in [3.05, 3.63) is 81.8 Å². The monoisotopic (exact) mass is 581 g/mol. The number of hydrogen-bond acceptors (Lipinski definition) is 7. The molecule has 2 N–H and O–H groups in total. The van der Waals surface area contributed by atoms with Crippen molar-refractivity contribution in [2.45, 2.75) is 11.8 Å². The van der Waals surface area contributed by atoms with E-state index in [0.717, 1.165) is 0 Å². The molecule has 0 heterocycles. The Morgan fingerprint density at radius 2 is 1.76 bits per heavy atom. The van der Waals surface area contributed by atoms with Crippen LogP contribution in [0, 0.1) is 6.92 Å². The Hall–Kier alpha value is -2.70. The van der Waals surface area contributed by atoms with Crippen LogP contribution in [0.5, 0.6) is 11.5 Å². The van der Waals surface area contributed by atoms with Crippen LogP contribution in [0.2, 0.25) is 10.0 Å². The van der Waals surface area contributed by atoms with Gasteiger partial charge in [0.15, 0.2) is 0 Å².